The van der Waals surface area contributed by atoms with Gasteiger partial charge in [-0.05, 0) is 12.0 Å². The van der Waals surface area contributed by atoms with Crippen LogP contribution in [-0.2, 0) is 20.8 Å². The Morgan fingerprint density at radius 1 is 1.39 bits per heavy atom. The normalized spacial score (nSPS) is 23.6. The van der Waals surface area contributed by atoms with Gasteiger partial charge in [0.2, 0.25) is 0 Å². The molecule has 0 bridgehead atoms. The molecule has 2 unspecified atom stereocenters. The molecule has 0 amide bonds. The first-order valence-electron chi connectivity index (χ1n) is 6.22. The van der Waals surface area contributed by atoms with Gasteiger partial charge in [0.1, 0.15) is 0 Å². The molecule has 4 nitrogen and oxygen atoms in total. The number of carbonyl (C=O) groups is 1. The Labute approximate surface area is 107 Å². The van der Waals surface area contributed by atoms with Crippen molar-refractivity contribution in [3.8, 4) is 0 Å². The van der Waals surface area contributed by atoms with Crippen LogP contribution in [0, 0.1) is 5.92 Å². The van der Waals surface area contributed by atoms with E-state index in [0.717, 1.165) is 13.0 Å². The molecule has 0 saturated carbocycles. The second-order valence-corrected chi connectivity index (χ2v) is 4.56. The summed E-state index contributed by atoms with van der Waals surface area (Å²) < 4.78 is 10.2. The molecule has 1 saturated heterocycles. The fraction of sp³-hybridized carbons (Fsp3) is 0.500. The lowest BCUT2D eigenvalue weighted by Crippen LogP contribution is -2.42. The Kier molecular flexibility index (Phi) is 4.73. The van der Waals surface area contributed by atoms with Crippen LogP contribution in [0.5, 0.6) is 0 Å². The number of methoxy groups -OCH3 is 1. The fourth-order valence-electron chi connectivity index (χ4n) is 2.16. The van der Waals surface area contributed by atoms with Gasteiger partial charge in [-0.2, -0.15) is 0 Å². The molecule has 4 heteroatoms. The van der Waals surface area contributed by atoms with Crippen molar-refractivity contribution in [2.45, 2.75) is 19.0 Å². The second kappa shape index (κ2) is 6.52. The molecule has 1 aromatic carbocycles. The van der Waals surface area contributed by atoms with Crippen LogP contribution in [0.4, 0.5) is 0 Å². The molecule has 1 aliphatic rings. The Balaban J connectivity index is 1.81. The molecular weight excluding hydrogens is 230 g/mol. The van der Waals surface area contributed by atoms with Gasteiger partial charge in [-0.1, -0.05) is 30.3 Å². The molecule has 1 N–H and O–H groups in total. The van der Waals surface area contributed by atoms with Crippen molar-refractivity contribution in [3.63, 3.8) is 0 Å². The first-order valence-corrected chi connectivity index (χ1v) is 6.22. The van der Waals surface area contributed by atoms with Crippen LogP contribution in [0.1, 0.15) is 12.0 Å². The van der Waals surface area contributed by atoms with E-state index in [2.05, 4.69) is 17.4 Å². The third-order valence-corrected chi connectivity index (χ3v) is 3.18. The Bertz CT molecular complexity index is 380. The number of rotatable bonds is 4. The minimum atomic E-state index is -0.179. The van der Waals surface area contributed by atoms with Gasteiger partial charge >= 0.3 is 5.97 Å². The van der Waals surface area contributed by atoms with Gasteiger partial charge in [-0.3, -0.25) is 4.79 Å². The number of ether oxygens (including phenoxy) is 2. The first-order chi connectivity index (χ1) is 8.79. The van der Waals surface area contributed by atoms with Crippen LogP contribution in [-0.4, -0.2) is 32.3 Å². The minimum absolute atomic E-state index is 0.142. The van der Waals surface area contributed by atoms with Crippen LogP contribution in [0.25, 0.3) is 0 Å². The predicted octanol–water partition coefficient (Wildman–Crippen LogP) is 1.35. The maximum atomic E-state index is 11.5. The summed E-state index contributed by atoms with van der Waals surface area (Å²) >= 11 is 0. The molecule has 0 spiro atoms. The number of hydrogen-bond acceptors (Lipinski definition) is 4. The van der Waals surface area contributed by atoms with E-state index in [-0.39, 0.29) is 17.9 Å². The van der Waals surface area contributed by atoms with Gasteiger partial charge in [0, 0.05) is 12.6 Å². The lowest BCUT2D eigenvalue weighted by Gasteiger charge is -2.28. The molecule has 1 fully saturated rings. The van der Waals surface area contributed by atoms with Crippen LogP contribution >= 0.6 is 0 Å². The van der Waals surface area contributed by atoms with Crippen LogP contribution in [0.3, 0.4) is 0 Å². The molecule has 1 aromatic rings. The minimum Gasteiger partial charge on any atom is -0.469 e. The summed E-state index contributed by atoms with van der Waals surface area (Å²) in [6.07, 6.45) is 0.777. The Hall–Kier alpha value is -1.39. The number of carbonyl (C=O) groups excluding carboxylic acids is 1. The summed E-state index contributed by atoms with van der Waals surface area (Å²) in [5.74, 6) is -0.321. The molecule has 2 atom stereocenters. The number of esters is 1. The predicted molar refractivity (Wildman–Crippen MR) is 68.0 cm³/mol. The van der Waals surface area contributed by atoms with E-state index in [4.69, 9.17) is 9.47 Å². The van der Waals surface area contributed by atoms with Gasteiger partial charge < -0.3 is 14.8 Å². The molecule has 0 aliphatic carbocycles. The smallest absolute Gasteiger partial charge is 0.311 e. The summed E-state index contributed by atoms with van der Waals surface area (Å²) in [6.45, 7) is 1.92. The zero-order valence-electron chi connectivity index (χ0n) is 10.6. The zero-order valence-corrected chi connectivity index (χ0v) is 10.6. The molecule has 1 aliphatic heterocycles. The van der Waals surface area contributed by atoms with E-state index in [1.165, 1.54) is 12.7 Å². The van der Waals surface area contributed by atoms with Gasteiger partial charge in [0.15, 0.2) is 0 Å². The topological polar surface area (TPSA) is 47.6 Å². The van der Waals surface area contributed by atoms with Crippen LogP contribution in [0.15, 0.2) is 30.3 Å². The quantitative estimate of drug-likeness (QED) is 0.818. The van der Waals surface area contributed by atoms with E-state index in [1.807, 2.05) is 18.2 Å². The summed E-state index contributed by atoms with van der Waals surface area (Å²) in [7, 11) is 1.42. The van der Waals surface area contributed by atoms with Crippen molar-refractivity contribution in [2.24, 2.45) is 5.92 Å². The molecular formula is C14H19NO3. The summed E-state index contributed by atoms with van der Waals surface area (Å²) in [5.41, 5.74) is 1.23. The highest BCUT2D eigenvalue weighted by Crippen LogP contribution is 2.16. The van der Waals surface area contributed by atoms with Crippen molar-refractivity contribution in [1.29, 1.82) is 0 Å². The van der Waals surface area contributed by atoms with Crippen LogP contribution in [0.2, 0.25) is 0 Å². The first kappa shape index (κ1) is 13.1. The van der Waals surface area contributed by atoms with E-state index in [1.54, 1.807) is 0 Å². The van der Waals surface area contributed by atoms with E-state index in [0.29, 0.717) is 13.2 Å². The lowest BCUT2D eigenvalue weighted by atomic mass is 9.98. The van der Waals surface area contributed by atoms with Gasteiger partial charge in [0.05, 0.1) is 26.2 Å². The SMILES string of the molecule is COC(=O)C1COCC(NCc2ccccc2)C1. The largest absolute Gasteiger partial charge is 0.469 e. The van der Waals surface area contributed by atoms with Crippen molar-refractivity contribution in [2.75, 3.05) is 20.3 Å². The standard InChI is InChI=1S/C14H19NO3/c1-17-14(16)12-7-13(10-18-9-12)15-8-11-5-3-2-4-6-11/h2-6,12-13,15H,7-10H2,1H3. The number of benzene rings is 1. The molecule has 2 rings (SSSR count). The highest BCUT2D eigenvalue weighted by atomic mass is 16.5. The third kappa shape index (κ3) is 3.55. The third-order valence-electron chi connectivity index (χ3n) is 3.18. The summed E-state index contributed by atoms with van der Waals surface area (Å²) in [6, 6.07) is 10.4. The van der Waals surface area contributed by atoms with Gasteiger partial charge in [0.25, 0.3) is 0 Å². The summed E-state index contributed by atoms with van der Waals surface area (Å²) in [5, 5.41) is 3.41. The monoisotopic (exact) mass is 249 g/mol. The molecule has 1 heterocycles. The Morgan fingerprint density at radius 2 is 2.17 bits per heavy atom. The molecule has 98 valence electrons. The van der Waals surface area contributed by atoms with E-state index >= 15 is 0 Å². The van der Waals surface area contributed by atoms with Crippen molar-refractivity contribution >= 4 is 5.97 Å². The van der Waals surface area contributed by atoms with Crippen molar-refractivity contribution in [3.05, 3.63) is 35.9 Å². The molecule has 18 heavy (non-hydrogen) atoms. The molecule has 0 aromatic heterocycles. The maximum Gasteiger partial charge on any atom is 0.311 e. The van der Waals surface area contributed by atoms with Gasteiger partial charge in [-0.25, -0.2) is 0 Å². The second-order valence-electron chi connectivity index (χ2n) is 4.56. The molecule has 0 radical (unpaired) electrons. The van der Waals surface area contributed by atoms with Crippen molar-refractivity contribution < 1.29 is 14.3 Å². The average Bonchev–Trinajstić information content (AvgIpc) is 2.45. The van der Waals surface area contributed by atoms with E-state index in [9.17, 15) is 4.79 Å². The van der Waals surface area contributed by atoms with E-state index < -0.39 is 0 Å². The highest BCUT2D eigenvalue weighted by Gasteiger charge is 2.28. The maximum absolute atomic E-state index is 11.5. The van der Waals surface area contributed by atoms with Gasteiger partial charge in [-0.15, -0.1) is 0 Å². The fourth-order valence-corrected chi connectivity index (χ4v) is 2.16. The lowest BCUT2D eigenvalue weighted by molar-refractivity contribution is -0.150. The van der Waals surface area contributed by atoms with Crippen LogP contribution < -0.4 is 5.32 Å². The van der Waals surface area contributed by atoms with Crippen molar-refractivity contribution in [1.82, 2.24) is 5.32 Å². The summed E-state index contributed by atoms with van der Waals surface area (Å²) in [4.78, 5) is 11.5. The average molecular weight is 249 g/mol. The zero-order chi connectivity index (χ0) is 12.8. The highest BCUT2D eigenvalue weighted by molar-refractivity contribution is 5.72. The Morgan fingerprint density at radius 3 is 2.89 bits per heavy atom. The number of hydrogen-bond donors (Lipinski definition) is 1. The number of nitrogens with one attached hydrogen (secondary N) is 1.